The van der Waals surface area contributed by atoms with Crippen LogP contribution in [0.1, 0.15) is 24.0 Å². The number of ether oxygens (including phenoxy) is 2. The van der Waals surface area contributed by atoms with E-state index in [1.165, 1.54) is 0 Å². The van der Waals surface area contributed by atoms with Crippen molar-refractivity contribution in [1.82, 2.24) is 19.9 Å². The first-order valence-corrected chi connectivity index (χ1v) is 13.3. The molecule has 2 aromatic carbocycles. The minimum absolute atomic E-state index is 0.121. The number of aryl methyl sites for hydroxylation is 2. The van der Waals surface area contributed by atoms with Gasteiger partial charge in [0.05, 0.1) is 14.2 Å². The number of methoxy groups -OCH3 is 2. The molecule has 9 heteroatoms. The number of nitrogens with two attached hydrogens (primary N) is 1. The minimum Gasteiger partial charge on any atom is -0.497 e. The Bertz CT molecular complexity index is 1590. The summed E-state index contributed by atoms with van der Waals surface area (Å²) in [4.78, 5) is 23.6. The van der Waals surface area contributed by atoms with Crippen LogP contribution in [0, 0.1) is 12.3 Å². The van der Waals surface area contributed by atoms with Crippen molar-refractivity contribution in [2.75, 3.05) is 38.4 Å². The highest BCUT2D eigenvalue weighted by molar-refractivity contribution is 5.83. The first-order valence-electron chi connectivity index (χ1n) is 13.3. The third-order valence-corrected chi connectivity index (χ3v) is 8.20. The highest BCUT2D eigenvalue weighted by Gasteiger charge is 2.48. The molecule has 39 heavy (non-hydrogen) atoms. The monoisotopic (exact) mass is 526 g/mol. The number of pyridine rings is 1. The molecule has 0 bridgehead atoms. The molecule has 9 nitrogen and oxygen atoms in total. The zero-order valence-electron chi connectivity index (χ0n) is 22.6. The van der Waals surface area contributed by atoms with Crippen molar-refractivity contribution in [3.05, 3.63) is 70.1 Å². The quantitative estimate of drug-likeness (QED) is 0.297. The topological polar surface area (TPSA) is 116 Å². The second-order valence-electron chi connectivity index (χ2n) is 10.8. The SMILES string of the molecule is COc1cc(OC)c(C)c(-c2cc3cnc(NC4CC5(CNC5)C4)nc3n(CCc3ccc(N)cc3)c2=O)c1. The normalized spacial score (nSPS) is 16.1. The summed E-state index contributed by atoms with van der Waals surface area (Å²) in [6.45, 7) is 4.59. The molecule has 1 aliphatic heterocycles. The van der Waals surface area contributed by atoms with Crippen LogP contribution in [-0.4, -0.2) is 47.9 Å². The minimum atomic E-state index is -0.121. The highest BCUT2D eigenvalue weighted by atomic mass is 16.5. The van der Waals surface area contributed by atoms with Gasteiger partial charge in [-0.05, 0) is 72.6 Å². The molecule has 2 fully saturated rings. The molecule has 1 saturated heterocycles. The van der Waals surface area contributed by atoms with E-state index >= 15 is 0 Å². The van der Waals surface area contributed by atoms with Crippen LogP contribution in [0.15, 0.2) is 53.5 Å². The van der Waals surface area contributed by atoms with Crippen molar-refractivity contribution in [3.8, 4) is 22.6 Å². The van der Waals surface area contributed by atoms with Crippen LogP contribution in [-0.2, 0) is 13.0 Å². The Balaban J connectivity index is 1.42. The van der Waals surface area contributed by atoms with E-state index in [0.717, 1.165) is 48.0 Å². The maximum Gasteiger partial charge on any atom is 0.260 e. The lowest BCUT2D eigenvalue weighted by atomic mass is 9.62. The molecule has 1 saturated carbocycles. The fourth-order valence-electron chi connectivity index (χ4n) is 5.86. The summed E-state index contributed by atoms with van der Waals surface area (Å²) in [6.07, 6.45) is 4.69. The Morgan fingerprint density at radius 3 is 2.54 bits per heavy atom. The number of anilines is 2. The van der Waals surface area contributed by atoms with Crippen LogP contribution < -0.4 is 31.4 Å². The van der Waals surface area contributed by atoms with Gasteiger partial charge in [0.1, 0.15) is 17.1 Å². The van der Waals surface area contributed by atoms with E-state index in [9.17, 15) is 4.79 Å². The van der Waals surface area contributed by atoms with Gasteiger partial charge in [0.2, 0.25) is 5.95 Å². The molecule has 4 N–H and O–H groups in total. The van der Waals surface area contributed by atoms with Crippen molar-refractivity contribution in [3.63, 3.8) is 0 Å². The molecule has 0 amide bonds. The number of benzene rings is 2. The third kappa shape index (κ3) is 4.67. The number of rotatable bonds is 8. The number of fused-ring (bicyclic) bond motifs is 1. The van der Waals surface area contributed by atoms with Crippen molar-refractivity contribution in [2.45, 2.75) is 38.8 Å². The smallest absolute Gasteiger partial charge is 0.260 e. The van der Waals surface area contributed by atoms with E-state index < -0.39 is 0 Å². The molecule has 0 radical (unpaired) electrons. The van der Waals surface area contributed by atoms with Crippen molar-refractivity contribution >= 4 is 22.7 Å². The van der Waals surface area contributed by atoms with Crippen LogP contribution in [0.2, 0.25) is 0 Å². The molecule has 6 rings (SSSR count). The average Bonchev–Trinajstić information content (AvgIpc) is 2.90. The largest absolute Gasteiger partial charge is 0.497 e. The fraction of sp³-hybridized carbons (Fsp3) is 0.367. The van der Waals surface area contributed by atoms with Crippen molar-refractivity contribution in [2.24, 2.45) is 5.41 Å². The van der Waals surface area contributed by atoms with Crippen LogP contribution in [0.25, 0.3) is 22.2 Å². The van der Waals surface area contributed by atoms with Crippen LogP contribution in [0.3, 0.4) is 0 Å². The summed E-state index contributed by atoms with van der Waals surface area (Å²) >= 11 is 0. The second-order valence-corrected chi connectivity index (χ2v) is 10.8. The summed E-state index contributed by atoms with van der Waals surface area (Å²) in [5.74, 6) is 1.84. The molecule has 3 heterocycles. The Morgan fingerprint density at radius 2 is 1.87 bits per heavy atom. The summed E-state index contributed by atoms with van der Waals surface area (Å²) in [5, 5.41) is 7.66. The van der Waals surface area contributed by atoms with Crippen molar-refractivity contribution < 1.29 is 9.47 Å². The molecule has 1 spiro atoms. The second kappa shape index (κ2) is 9.89. The maximum atomic E-state index is 14.1. The lowest BCUT2D eigenvalue weighted by Crippen LogP contribution is -2.63. The summed E-state index contributed by atoms with van der Waals surface area (Å²) < 4.78 is 12.8. The van der Waals surface area contributed by atoms with E-state index in [1.54, 1.807) is 25.0 Å². The molecule has 2 aliphatic rings. The number of aromatic nitrogens is 3. The fourth-order valence-corrected chi connectivity index (χ4v) is 5.86. The first-order chi connectivity index (χ1) is 18.9. The molecular weight excluding hydrogens is 492 g/mol. The average molecular weight is 527 g/mol. The number of nitrogens with one attached hydrogen (secondary N) is 2. The van der Waals surface area contributed by atoms with Gasteiger partial charge >= 0.3 is 0 Å². The van der Waals surface area contributed by atoms with Crippen LogP contribution >= 0.6 is 0 Å². The van der Waals surface area contributed by atoms with Gasteiger partial charge in [-0.2, -0.15) is 4.98 Å². The zero-order chi connectivity index (χ0) is 27.1. The lowest BCUT2D eigenvalue weighted by molar-refractivity contribution is 0.0468. The predicted octanol–water partition coefficient (Wildman–Crippen LogP) is 3.77. The molecule has 2 aromatic heterocycles. The number of hydrogen-bond donors (Lipinski definition) is 3. The van der Waals surface area contributed by atoms with Gasteiger partial charge in [0.25, 0.3) is 5.56 Å². The predicted molar refractivity (Wildman–Crippen MR) is 154 cm³/mol. The summed E-state index contributed by atoms with van der Waals surface area (Å²) in [7, 11) is 3.22. The lowest BCUT2D eigenvalue weighted by Gasteiger charge is -2.54. The molecule has 4 aromatic rings. The van der Waals surface area contributed by atoms with Crippen LogP contribution in [0.4, 0.5) is 11.6 Å². The van der Waals surface area contributed by atoms with Gasteiger partial charge < -0.3 is 25.8 Å². The van der Waals surface area contributed by atoms with E-state index in [-0.39, 0.29) is 5.56 Å². The Labute approximate surface area is 227 Å². The highest BCUT2D eigenvalue weighted by Crippen LogP contribution is 2.45. The standard InChI is InChI=1S/C30H34N6O3/c1-18-24(11-23(38-2)12-26(18)39-3)25-10-20-15-33-29(34-22-13-30(14-22)16-32-17-30)35-27(20)36(28(25)37)9-8-19-4-6-21(31)7-5-19/h4-7,10-12,15,22,32H,8-9,13-14,16-17,31H2,1-3H3,(H,33,34,35). The van der Waals surface area contributed by atoms with E-state index in [4.69, 9.17) is 20.2 Å². The van der Waals surface area contributed by atoms with Gasteiger partial charge in [-0.3, -0.25) is 9.36 Å². The molecule has 1 aliphatic carbocycles. The van der Waals surface area contributed by atoms with E-state index in [0.29, 0.717) is 58.8 Å². The Hall–Kier alpha value is -4.11. The van der Waals surface area contributed by atoms with Gasteiger partial charge in [-0.15, -0.1) is 0 Å². The van der Waals surface area contributed by atoms with Gasteiger partial charge in [-0.25, -0.2) is 4.98 Å². The first kappa shape index (κ1) is 25.2. The maximum absolute atomic E-state index is 14.1. The number of nitrogens with zero attached hydrogens (tertiary/aromatic N) is 3. The van der Waals surface area contributed by atoms with Crippen molar-refractivity contribution in [1.29, 1.82) is 0 Å². The van der Waals surface area contributed by atoms with Gasteiger partial charge in [0, 0.05) is 54.6 Å². The molecular formula is C30H34N6O3. The Morgan fingerprint density at radius 1 is 1.10 bits per heavy atom. The number of hydrogen-bond acceptors (Lipinski definition) is 8. The number of nitrogen functional groups attached to an aromatic ring is 1. The molecule has 0 atom stereocenters. The summed E-state index contributed by atoms with van der Waals surface area (Å²) in [5.41, 5.74) is 10.8. The molecule has 202 valence electrons. The molecule has 0 unspecified atom stereocenters. The van der Waals surface area contributed by atoms with Gasteiger partial charge in [0.15, 0.2) is 0 Å². The van der Waals surface area contributed by atoms with Gasteiger partial charge in [-0.1, -0.05) is 12.1 Å². The third-order valence-electron chi connectivity index (χ3n) is 8.20. The zero-order valence-corrected chi connectivity index (χ0v) is 22.6. The summed E-state index contributed by atoms with van der Waals surface area (Å²) in [6, 6.07) is 13.7. The Kier molecular flexibility index (Phi) is 6.38. The van der Waals surface area contributed by atoms with E-state index in [2.05, 4.69) is 15.6 Å². The van der Waals surface area contributed by atoms with Crippen LogP contribution in [0.5, 0.6) is 11.5 Å². The van der Waals surface area contributed by atoms with E-state index in [1.807, 2.05) is 49.4 Å².